The average Bonchev–Trinajstić information content (AvgIpc) is 2.57. The van der Waals surface area contributed by atoms with E-state index in [2.05, 4.69) is 42.5 Å². The lowest BCUT2D eigenvalue weighted by molar-refractivity contribution is -0.871. The highest BCUT2D eigenvalue weighted by atomic mass is 16.5. The lowest BCUT2D eigenvalue weighted by atomic mass is 9.76. The van der Waals surface area contributed by atoms with E-state index < -0.39 is 0 Å². The first-order valence-corrected chi connectivity index (χ1v) is 7.79. The van der Waals surface area contributed by atoms with Gasteiger partial charge >= 0.3 is 6.09 Å². The molecule has 0 saturated carbocycles. The Morgan fingerprint density at radius 1 is 1.09 bits per heavy atom. The fraction of sp³-hybridized carbons (Fsp3) is 0.316. The number of likely N-dealkylation sites (N-methyl/N-ethyl adjacent to an activating group) is 1. The number of carbonyl (C=O) groups excluding carboxylic acids is 1. The molecule has 0 fully saturated rings. The first-order chi connectivity index (χ1) is 10.6. The summed E-state index contributed by atoms with van der Waals surface area (Å²) in [5, 5.41) is 0. The molecule has 2 aliphatic rings. The second-order valence-electron chi connectivity index (χ2n) is 6.47. The molecule has 3 heteroatoms. The first-order valence-electron chi connectivity index (χ1n) is 7.79. The molecule has 22 heavy (non-hydrogen) atoms. The van der Waals surface area contributed by atoms with Crippen LogP contribution in [0.15, 0.2) is 42.5 Å². The fourth-order valence-corrected chi connectivity index (χ4v) is 4.15. The quantitative estimate of drug-likeness (QED) is 0.692. The minimum Gasteiger partial charge on any atom is -0.423 e. The third-order valence-electron chi connectivity index (χ3n) is 5.38. The van der Waals surface area contributed by atoms with Crippen molar-refractivity contribution in [2.75, 3.05) is 20.7 Å². The van der Waals surface area contributed by atoms with E-state index in [4.69, 9.17) is 4.74 Å². The minimum absolute atomic E-state index is 0.134. The second-order valence-corrected chi connectivity index (χ2v) is 6.47. The zero-order valence-corrected chi connectivity index (χ0v) is 13.0. The number of hydrogen-bond donors (Lipinski definition) is 0. The molecule has 1 aliphatic carbocycles. The maximum atomic E-state index is 12.5. The topological polar surface area (TPSA) is 26.3 Å². The third kappa shape index (κ3) is 1.69. The molecule has 0 N–H and O–H groups in total. The number of benzene rings is 2. The van der Waals surface area contributed by atoms with Crippen LogP contribution in [0.1, 0.15) is 22.7 Å². The Balaban J connectivity index is 1.97. The normalized spacial score (nSPS) is 25.1. The molecule has 2 aromatic carbocycles. The molecule has 0 bridgehead atoms. The van der Waals surface area contributed by atoms with E-state index in [-0.39, 0.29) is 12.1 Å². The van der Waals surface area contributed by atoms with Crippen molar-refractivity contribution in [1.82, 2.24) is 0 Å². The van der Waals surface area contributed by atoms with E-state index in [0.717, 1.165) is 19.4 Å². The van der Waals surface area contributed by atoms with Crippen LogP contribution in [0, 0.1) is 0 Å². The Morgan fingerprint density at radius 3 is 2.64 bits per heavy atom. The van der Waals surface area contributed by atoms with Gasteiger partial charge < -0.3 is 4.74 Å². The molecule has 1 aliphatic heterocycles. The zero-order valence-electron chi connectivity index (χ0n) is 13.0. The van der Waals surface area contributed by atoms with Gasteiger partial charge in [0, 0.05) is 18.4 Å². The number of nitrogens with zero attached hydrogens (tertiary/aromatic N) is 1. The van der Waals surface area contributed by atoms with Gasteiger partial charge in [0.05, 0.1) is 20.7 Å². The molecule has 2 aromatic rings. The molecule has 1 heterocycles. The van der Waals surface area contributed by atoms with E-state index >= 15 is 0 Å². The van der Waals surface area contributed by atoms with Crippen molar-refractivity contribution in [3.05, 3.63) is 59.2 Å². The first kappa shape index (κ1) is 13.5. The number of fused-ring (bicyclic) bond motifs is 2. The number of hydrogen-bond acceptors (Lipinski definition) is 2. The van der Waals surface area contributed by atoms with Gasteiger partial charge in [0.2, 0.25) is 0 Å². The molecule has 0 saturated heterocycles. The Bertz CT molecular complexity index is 768. The highest BCUT2D eigenvalue weighted by Gasteiger charge is 2.48. The molecule has 4 rings (SSSR count). The number of methoxy groups -OCH3 is 1. The van der Waals surface area contributed by atoms with Crippen LogP contribution >= 0.6 is 0 Å². The highest BCUT2D eigenvalue weighted by molar-refractivity contribution is 5.76. The lowest BCUT2D eigenvalue weighted by Crippen LogP contribution is -2.56. The molecule has 0 aromatic heterocycles. The minimum atomic E-state index is -0.134. The molecule has 1 amide bonds. The number of ether oxygens (including phenoxy) is 1. The lowest BCUT2D eigenvalue weighted by Gasteiger charge is -2.44. The van der Waals surface area contributed by atoms with Gasteiger partial charge in [-0.2, -0.15) is 4.79 Å². The van der Waals surface area contributed by atoms with Crippen LogP contribution in [-0.4, -0.2) is 31.3 Å². The van der Waals surface area contributed by atoms with Crippen LogP contribution in [0.25, 0.3) is 11.1 Å². The summed E-state index contributed by atoms with van der Waals surface area (Å²) in [6.45, 7) is 0.802. The summed E-state index contributed by atoms with van der Waals surface area (Å²) >= 11 is 0. The maximum absolute atomic E-state index is 12.5. The predicted molar refractivity (Wildman–Crippen MR) is 85.5 cm³/mol. The molecule has 3 nitrogen and oxygen atoms in total. The number of carbonyl (C=O) groups is 1. The summed E-state index contributed by atoms with van der Waals surface area (Å²) in [5.41, 5.74) is 6.66. The van der Waals surface area contributed by atoms with Gasteiger partial charge in [-0.25, -0.2) is 4.48 Å². The maximum Gasteiger partial charge on any atom is 0.516 e. The Labute approximate surface area is 130 Å². The second kappa shape index (κ2) is 4.68. The fourth-order valence-electron chi connectivity index (χ4n) is 4.15. The van der Waals surface area contributed by atoms with Gasteiger partial charge in [-0.05, 0) is 22.3 Å². The van der Waals surface area contributed by atoms with Gasteiger partial charge in [0.15, 0.2) is 0 Å². The Hall–Kier alpha value is -2.13. The Kier molecular flexibility index (Phi) is 2.88. The molecule has 0 spiro atoms. The predicted octanol–water partition coefficient (Wildman–Crippen LogP) is 3.72. The highest BCUT2D eigenvalue weighted by Crippen LogP contribution is 2.47. The summed E-state index contributed by atoms with van der Waals surface area (Å²) in [6.07, 6.45) is 1.68. The van der Waals surface area contributed by atoms with Gasteiger partial charge in [-0.3, -0.25) is 0 Å². The van der Waals surface area contributed by atoms with Crippen molar-refractivity contribution in [3.63, 3.8) is 0 Å². The summed E-state index contributed by atoms with van der Waals surface area (Å²) < 4.78 is 5.47. The summed E-state index contributed by atoms with van der Waals surface area (Å²) in [7, 11) is 3.51. The third-order valence-corrected chi connectivity index (χ3v) is 5.38. The number of rotatable bonds is 0. The van der Waals surface area contributed by atoms with Crippen molar-refractivity contribution >= 4 is 6.09 Å². The van der Waals surface area contributed by atoms with E-state index in [1.165, 1.54) is 34.9 Å². The van der Waals surface area contributed by atoms with Crippen molar-refractivity contribution in [2.45, 2.75) is 18.9 Å². The Morgan fingerprint density at radius 2 is 1.82 bits per heavy atom. The smallest absolute Gasteiger partial charge is 0.423 e. The molecule has 2 atom stereocenters. The number of quaternary nitrogens is 1. The van der Waals surface area contributed by atoms with Crippen molar-refractivity contribution in [2.24, 2.45) is 0 Å². The zero-order chi connectivity index (χ0) is 15.3. The van der Waals surface area contributed by atoms with Crippen LogP contribution < -0.4 is 0 Å². The van der Waals surface area contributed by atoms with Gasteiger partial charge in [-0.1, -0.05) is 42.5 Å². The van der Waals surface area contributed by atoms with E-state index in [1.54, 1.807) is 0 Å². The SMILES string of the molecule is COC(=O)[N+]1(C)CCc2cccc3c2C1Cc1ccccc1-3. The standard InChI is InChI=1S/C19H20NO2/c1-20(19(21)22-2)11-10-13-7-5-9-16-15-8-4-3-6-14(15)12-17(20)18(13)16/h3-9,17H,10-12H2,1-2H3/q+1. The van der Waals surface area contributed by atoms with E-state index in [1.807, 2.05) is 7.05 Å². The molecular formula is C19H20NO2+. The largest absolute Gasteiger partial charge is 0.516 e. The van der Waals surface area contributed by atoms with E-state index in [9.17, 15) is 4.79 Å². The summed E-state index contributed by atoms with van der Waals surface area (Å²) in [4.78, 5) is 12.5. The molecule has 2 unspecified atom stereocenters. The monoisotopic (exact) mass is 294 g/mol. The number of amides is 1. The molecular weight excluding hydrogens is 274 g/mol. The average molecular weight is 294 g/mol. The van der Waals surface area contributed by atoms with Gasteiger partial charge in [0.1, 0.15) is 6.04 Å². The van der Waals surface area contributed by atoms with Crippen LogP contribution in [0.5, 0.6) is 0 Å². The van der Waals surface area contributed by atoms with E-state index in [0.29, 0.717) is 4.48 Å². The summed E-state index contributed by atoms with van der Waals surface area (Å²) in [6, 6.07) is 15.2. The molecule has 0 radical (unpaired) electrons. The van der Waals surface area contributed by atoms with Gasteiger partial charge in [-0.15, -0.1) is 0 Å². The van der Waals surface area contributed by atoms with Crippen molar-refractivity contribution < 1.29 is 14.0 Å². The van der Waals surface area contributed by atoms with Crippen molar-refractivity contribution in [1.29, 1.82) is 0 Å². The van der Waals surface area contributed by atoms with Gasteiger partial charge in [0.25, 0.3) is 0 Å². The summed E-state index contributed by atoms with van der Waals surface area (Å²) in [5.74, 6) is 0. The van der Waals surface area contributed by atoms with Crippen molar-refractivity contribution in [3.8, 4) is 11.1 Å². The van der Waals surface area contributed by atoms with Crippen LogP contribution in [0.4, 0.5) is 4.79 Å². The van der Waals surface area contributed by atoms with Crippen LogP contribution in [0.3, 0.4) is 0 Å². The van der Waals surface area contributed by atoms with Crippen LogP contribution in [0.2, 0.25) is 0 Å². The van der Waals surface area contributed by atoms with Crippen LogP contribution in [-0.2, 0) is 17.6 Å². The molecule has 112 valence electrons.